The number of carbonyl (C=O) groups is 2. The fourth-order valence-corrected chi connectivity index (χ4v) is 5.82. The van der Waals surface area contributed by atoms with Gasteiger partial charge in [0.2, 0.25) is 0 Å². The molecule has 4 rings (SSSR count). The van der Waals surface area contributed by atoms with E-state index in [4.69, 9.17) is 0 Å². The second-order valence-corrected chi connectivity index (χ2v) is 9.76. The maximum atomic E-state index is 11.9. The molecule has 1 saturated carbocycles. The average Bonchev–Trinajstić information content (AvgIpc) is 3.35. The number of aliphatic carboxylic acids is 2. The summed E-state index contributed by atoms with van der Waals surface area (Å²) in [7, 11) is 0. The molecule has 3 N–H and O–H groups in total. The van der Waals surface area contributed by atoms with Gasteiger partial charge in [0.15, 0.2) is 5.82 Å². The number of fused-ring (bicyclic) bond motifs is 1. The molecule has 3 fully saturated rings. The molecule has 1 aromatic rings. The molecule has 0 spiro atoms. The molecule has 0 amide bonds. The van der Waals surface area contributed by atoms with E-state index in [1.54, 1.807) is 16.6 Å². The number of hydrogen-bond donors (Lipinski definition) is 3. The predicted molar refractivity (Wildman–Crippen MR) is 110 cm³/mol. The highest BCUT2D eigenvalue weighted by molar-refractivity contribution is 7.97. The van der Waals surface area contributed by atoms with E-state index in [9.17, 15) is 19.8 Å². The van der Waals surface area contributed by atoms with Crippen molar-refractivity contribution in [3.05, 3.63) is 5.82 Å². The lowest BCUT2D eigenvalue weighted by molar-refractivity contribution is -0.143. The number of nitrogens with zero attached hydrogens (tertiary/aromatic N) is 5. The Balaban J connectivity index is 1.38. The summed E-state index contributed by atoms with van der Waals surface area (Å²) in [6, 6.07) is -1.08. The van der Waals surface area contributed by atoms with Crippen LogP contribution in [0.2, 0.25) is 0 Å². The van der Waals surface area contributed by atoms with Crippen LogP contribution >= 0.6 is 11.8 Å². The van der Waals surface area contributed by atoms with Gasteiger partial charge in [0.05, 0.1) is 11.8 Å². The van der Waals surface area contributed by atoms with Gasteiger partial charge in [-0.3, -0.25) is 14.5 Å². The summed E-state index contributed by atoms with van der Waals surface area (Å²) < 4.78 is 0. The Labute approximate surface area is 179 Å². The molecule has 3 heterocycles. The minimum Gasteiger partial charge on any atom is -0.480 e. The van der Waals surface area contributed by atoms with Gasteiger partial charge in [-0.2, -0.15) is 16.6 Å². The largest absolute Gasteiger partial charge is 0.480 e. The zero-order valence-electron chi connectivity index (χ0n) is 17.2. The highest BCUT2D eigenvalue weighted by Crippen LogP contribution is 2.40. The second kappa shape index (κ2) is 9.19. The van der Waals surface area contributed by atoms with Crippen molar-refractivity contribution >= 4 is 23.7 Å². The van der Waals surface area contributed by atoms with Crippen LogP contribution in [0.3, 0.4) is 0 Å². The maximum Gasteiger partial charge on any atom is 0.321 e. The number of thioether (sulfide) groups is 1. The number of tetrazole rings is 1. The Morgan fingerprint density at radius 3 is 2.73 bits per heavy atom. The van der Waals surface area contributed by atoms with Crippen LogP contribution < -0.4 is 5.32 Å². The first-order chi connectivity index (χ1) is 14.4. The van der Waals surface area contributed by atoms with Gasteiger partial charge in [-0.05, 0) is 67.9 Å². The number of carboxylic acid groups (broad SMARTS) is 2. The van der Waals surface area contributed by atoms with E-state index in [-0.39, 0.29) is 6.04 Å². The number of rotatable bonds is 7. The highest BCUT2D eigenvalue weighted by atomic mass is 32.2. The molecule has 0 bridgehead atoms. The van der Waals surface area contributed by atoms with E-state index in [1.165, 1.54) is 0 Å². The van der Waals surface area contributed by atoms with Crippen molar-refractivity contribution in [2.75, 3.05) is 25.9 Å². The highest BCUT2D eigenvalue weighted by Gasteiger charge is 2.42. The third-order valence-electron chi connectivity index (χ3n) is 6.94. The second-order valence-electron chi connectivity index (χ2n) is 8.89. The number of carboxylic acids is 2. The zero-order chi connectivity index (χ0) is 21.3. The Morgan fingerprint density at radius 1 is 1.17 bits per heavy atom. The first-order valence-electron chi connectivity index (χ1n) is 10.6. The van der Waals surface area contributed by atoms with Crippen LogP contribution in [0, 0.1) is 17.8 Å². The van der Waals surface area contributed by atoms with Gasteiger partial charge in [-0.1, -0.05) is 0 Å². The third kappa shape index (κ3) is 4.62. The van der Waals surface area contributed by atoms with Gasteiger partial charge in [0.1, 0.15) is 12.1 Å². The van der Waals surface area contributed by atoms with E-state index in [2.05, 4.69) is 25.6 Å². The molecule has 2 aliphatic heterocycles. The van der Waals surface area contributed by atoms with Crippen molar-refractivity contribution in [3.63, 3.8) is 0 Å². The van der Waals surface area contributed by atoms with Crippen LogP contribution in [0.25, 0.3) is 0 Å². The first-order valence-corrected chi connectivity index (χ1v) is 12.0. The van der Waals surface area contributed by atoms with Crippen LogP contribution in [-0.4, -0.2) is 85.2 Å². The van der Waals surface area contributed by atoms with Gasteiger partial charge in [-0.25, -0.2) is 0 Å². The van der Waals surface area contributed by atoms with Gasteiger partial charge >= 0.3 is 11.9 Å². The summed E-state index contributed by atoms with van der Waals surface area (Å²) in [4.78, 5) is 26.9. The lowest BCUT2D eigenvalue weighted by Crippen LogP contribution is -2.50. The van der Waals surface area contributed by atoms with Crippen LogP contribution in [0.4, 0.5) is 0 Å². The number of nitrogens with one attached hydrogen (secondary N) is 1. The van der Waals surface area contributed by atoms with Crippen molar-refractivity contribution in [3.8, 4) is 0 Å². The minimum atomic E-state index is -0.802. The normalized spacial score (nSPS) is 34.6. The fraction of sp³-hybridized carbons (Fsp3) is 0.842. The fourth-order valence-electron chi connectivity index (χ4n) is 5.45. The van der Waals surface area contributed by atoms with Gasteiger partial charge < -0.3 is 15.5 Å². The summed E-state index contributed by atoms with van der Waals surface area (Å²) >= 11 is 1.63. The Morgan fingerprint density at radius 2 is 2.00 bits per heavy atom. The molecule has 0 aromatic carbocycles. The molecule has 30 heavy (non-hydrogen) atoms. The predicted octanol–water partition coefficient (Wildman–Crippen LogP) is 0.715. The van der Waals surface area contributed by atoms with Crippen LogP contribution in [0.1, 0.15) is 44.0 Å². The Bertz CT molecular complexity index is 776. The number of piperidine rings is 1. The topological polar surface area (TPSA) is 133 Å². The van der Waals surface area contributed by atoms with E-state index in [0.717, 1.165) is 32.4 Å². The summed E-state index contributed by atoms with van der Waals surface area (Å²) in [6.45, 7) is 2.11. The summed E-state index contributed by atoms with van der Waals surface area (Å²) in [6.07, 6.45) is 6.24. The van der Waals surface area contributed by atoms with Crippen LogP contribution in [0.5, 0.6) is 0 Å². The summed E-state index contributed by atoms with van der Waals surface area (Å²) in [5.74, 6) is 1.12. The monoisotopic (exact) mass is 438 g/mol. The molecule has 1 aliphatic carbocycles. The van der Waals surface area contributed by atoms with Crippen molar-refractivity contribution in [2.45, 2.75) is 56.0 Å². The molecular formula is C19H30N6O4S. The SMILES string of the molecule is CSCc1nnn(C2CC(C(=O)O)N(CC3CCC4CNC(C(=O)O)CC4C3)C2)n1. The smallest absolute Gasteiger partial charge is 0.321 e. The van der Waals surface area contributed by atoms with Crippen LogP contribution in [-0.2, 0) is 15.3 Å². The maximum absolute atomic E-state index is 11.9. The molecule has 3 aliphatic rings. The zero-order valence-corrected chi connectivity index (χ0v) is 18.0. The van der Waals surface area contributed by atoms with E-state index < -0.39 is 24.0 Å². The lowest BCUT2D eigenvalue weighted by atomic mass is 9.69. The Hall–Kier alpha value is -1.72. The number of aromatic nitrogens is 4. The molecule has 1 aromatic heterocycles. The van der Waals surface area contributed by atoms with Crippen molar-refractivity contribution in [2.24, 2.45) is 17.8 Å². The van der Waals surface area contributed by atoms with Crippen molar-refractivity contribution in [1.82, 2.24) is 30.4 Å². The van der Waals surface area contributed by atoms with E-state index in [1.807, 2.05) is 6.26 Å². The molecule has 0 radical (unpaired) electrons. The molecule has 166 valence electrons. The third-order valence-corrected chi connectivity index (χ3v) is 7.49. The van der Waals surface area contributed by atoms with E-state index in [0.29, 0.717) is 48.7 Å². The van der Waals surface area contributed by atoms with Crippen molar-refractivity contribution < 1.29 is 19.8 Å². The van der Waals surface area contributed by atoms with Crippen LogP contribution in [0.15, 0.2) is 0 Å². The molecule has 2 saturated heterocycles. The quantitative estimate of drug-likeness (QED) is 0.559. The Kier molecular flexibility index (Phi) is 6.59. The summed E-state index contributed by atoms with van der Waals surface area (Å²) in [5.41, 5.74) is 0. The number of likely N-dealkylation sites (tertiary alicyclic amines) is 1. The molecule has 6 unspecified atom stereocenters. The summed E-state index contributed by atoms with van der Waals surface area (Å²) in [5, 5.41) is 34.9. The van der Waals surface area contributed by atoms with Gasteiger partial charge in [-0.15, -0.1) is 10.2 Å². The van der Waals surface area contributed by atoms with Gasteiger partial charge in [0, 0.05) is 13.1 Å². The minimum absolute atomic E-state index is 0.0826. The number of hydrogen-bond acceptors (Lipinski definition) is 8. The van der Waals surface area contributed by atoms with Crippen molar-refractivity contribution in [1.29, 1.82) is 0 Å². The van der Waals surface area contributed by atoms with E-state index >= 15 is 0 Å². The van der Waals surface area contributed by atoms with Gasteiger partial charge in [0.25, 0.3) is 0 Å². The molecule has 6 atom stereocenters. The molecule has 11 heteroatoms. The first kappa shape index (κ1) is 21.5. The molecule has 10 nitrogen and oxygen atoms in total. The molecular weight excluding hydrogens is 408 g/mol. The average molecular weight is 439 g/mol. The standard InChI is InChI=1S/C19H30N6O4S/c1-30-10-17-21-23-25(22-17)14-6-16(19(28)29)24(9-14)8-11-2-3-12-7-20-15(18(26)27)5-13(12)4-11/h11-16,20H,2-10H2,1H3,(H,26,27)(H,28,29). The lowest BCUT2D eigenvalue weighted by Gasteiger charge is -2.42.